The molecular formula is C24H28ClF3N8O4S. The molecule has 1 saturated heterocycles. The molecule has 222 valence electrons. The summed E-state index contributed by atoms with van der Waals surface area (Å²) in [4.78, 5) is 52.9. The van der Waals surface area contributed by atoms with Crippen LogP contribution in [0.15, 0.2) is 35.2 Å². The zero-order valence-corrected chi connectivity index (χ0v) is 23.6. The maximum absolute atomic E-state index is 13.1. The number of nitrogens with two attached hydrogens (primary N) is 1. The van der Waals surface area contributed by atoms with Crippen molar-refractivity contribution in [2.75, 3.05) is 45.2 Å². The third kappa shape index (κ3) is 8.37. The molecular weight excluding hydrogens is 589 g/mol. The quantitative estimate of drug-likeness (QED) is 0.199. The van der Waals surface area contributed by atoms with Gasteiger partial charge in [0.25, 0.3) is 11.8 Å². The average molecular weight is 617 g/mol. The predicted molar refractivity (Wildman–Crippen MR) is 146 cm³/mol. The van der Waals surface area contributed by atoms with E-state index in [0.29, 0.717) is 43.1 Å². The largest absolute Gasteiger partial charge is 0.418 e. The Labute approximate surface area is 242 Å². The summed E-state index contributed by atoms with van der Waals surface area (Å²) in [7, 11) is 1.55. The van der Waals surface area contributed by atoms with Crippen molar-refractivity contribution in [3.63, 3.8) is 0 Å². The first-order valence-electron chi connectivity index (χ1n) is 12.2. The number of pyridine rings is 1. The molecule has 1 unspecified atom stereocenters. The molecule has 0 bridgehead atoms. The molecule has 17 heteroatoms. The van der Waals surface area contributed by atoms with E-state index in [-0.39, 0.29) is 35.3 Å². The monoisotopic (exact) mass is 616 g/mol. The third-order valence-corrected chi connectivity index (χ3v) is 7.41. The Hall–Kier alpha value is -3.76. The van der Waals surface area contributed by atoms with Crippen LogP contribution in [0.5, 0.6) is 0 Å². The van der Waals surface area contributed by atoms with Crippen LogP contribution in [-0.4, -0.2) is 88.3 Å². The number of nitrogens with one attached hydrogen (secondary N) is 2. The molecule has 2 aromatic rings. The minimum absolute atomic E-state index is 0.0630. The fourth-order valence-electron chi connectivity index (χ4n) is 3.78. The van der Waals surface area contributed by atoms with Crippen LogP contribution in [0, 0.1) is 0 Å². The summed E-state index contributed by atoms with van der Waals surface area (Å²) in [6, 6.07) is -0.0281. The average Bonchev–Trinajstić information content (AvgIpc) is 3.43. The van der Waals surface area contributed by atoms with Crippen LogP contribution in [0.3, 0.4) is 0 Å². The van der Waals surface area contributed by atoms with Crippen molar-refractivity contribution in [3.8, 4) is 0 Å². The van der Waals surface area contributed by atoms with Crippen LogP contribution in [0.1, 0.15) is 39.6 Å². The first-order valence-corrected chi connectivity index (χ1v) is 13.4. The lowest BCUT2D eigenvalue weighted by Crippen LogP contribution is -2.50. The van der Waals surface area contributed by atoms with Gasteiger partial charge >= 0.3 is 6.18 Å². The van der Waals surface area contributed by atoms with Gasteiger partial charge in [-0.1, -0.05) is 11.6 Å². The second-order valence-corrected chi connectivity index (χ2v) is 10.3. The summed E-state index contributed by atoms with van der Waals surface area (Å²) in [6.07, 6.45) is -1.22. The number of halogens is 4. The van der Waals surface area contributed by atoms with Gasteiger partial charge in [-0.2, -0.15) is 13.2 Å². The third-order valence-electron chi connectivity index (χ3n) is 5.93. The normalized spacial score (nSPS) is 15.5. The lowest BCUT2D eigenvalue weighted by molar-refractivity contribution is -0.137. The summed E-state index contributed by atoms with van der Waals surface area (Å²) >= 11 is 6.49. The van der Waals surface area contributed by atoms with Crippen molar-refractivity contribution in [1.82, 2.24) is 25.1 Å². The van der Waals surface area contributed by atoms with E-state index >= 15 is 0 Å². The number of piperazine rings is 1. The summed E-state index contributed by atoms with van der Waals surface area (Å²) in [5, 5.41) is 13.7. The lowest BCUT2D eigenvalue weighted by Gasteiger charge is -2.36. The van der Waals surface area contributed by atoms with Gasteiger partial charge in [-0.25, -0.2) is 9.97 Å². The molecule has 1 aliphatic heterocycles. The van der Waals surface area contributed by atoms with Crippen molar-refractivity contribution in [1.29, 1.82) is 0 Å². The number of amidine groups is 1. The molecule has 0 aliphatic carbocycles. The number of aliphatic hydroxyl groups excluding tert-OH is 1. The van der Waals surface area contributed by atoms with E-state index in [4.69, 9.17) is 22.4 Å². The minimum Gasteiger partial charge on any atom is -0.396 e. The van der Waals surface area contributed by atoms with E-state index in [2.05, 4.69) is 25.6 Å². The maximum Gasteiger partial charge on any atom is 0.418 e. The Morgan fingerprint density at radius 2 is 1.88 bits per heavy atom. The zero-order chi connectivity index (χ0) is 30.3. The van der Waals surface area contributed by atoms with Crippen molar-refractivity contribution in [2.45, 2.75) is 25.6 Å². The number of nitrogens with zero attached hydrogens (tertiary/aromatic N) is 5. The molecule has 5 N–H and O–H groups in total. The van der Waals surface area contributed by atoms with E-state index in [9.17, 15) is 27.6 Å². The smallest absolute Gasteiger partial charge is 0.396 e. The molecule has 3 rings (SSSR count). The summed E-state index contributed by atoms with van der Waals surface area (Å²) < 4.78 is 39.2. The number of hydrogen-bond donors (Lipinski definition) is 4. The SMILES string of the molecule is CN=C(C=C(N)C(=O)NC(C)c1ncc(C(=O)Nc2cc(C(F)(F)F)c(Cl)cn2)s1)N1CCN(C(=O)CCO)CC1. The number of hydrogen-bond acceptors (Lipinski definition) is 9. The van der Waals surface area contributed by atoms with Gasteiger partial charge in [0.2, 0.25) is 5.91 Å². The van der Waals surface area contributed by atoms with Crippen LogP contribution < -0.4 is 16.4 Å². The summed E-state index contributed by atoms with van der Waals surface area (Å²) in [6.45, 7) is 3.23. The molecule has 0 radical (unpaired) electrons. The van der Waals surface area contributed by atoms with Crippen molar-refractivity contribution in [3.05, 3.63) is 50.7 Å². The summed E-state index contributed by atoms with van der Waals surface area (Å²) in [5.41, 5.74) is 4.75. The summed E-state index contributed by atoms with van der Waals surface area (Å²) in [5.74, 6) is -1.37. The van der Waals surface area contributed by atoms with Crippen molar-refractivity contribution >= 4 is 52.3 Å². The molecule has 12 nitrogen and oxygen atoms in total. The lowest BCUT2D eigenvalue weighted by atomic mass is 10.2. The Balaban J connectivity index is 1.59. The number of anilines is 1. The number of aliphatic hydroxyl groups is 1. The van der Waals surface area contributed by atoms with E-state index in [1.807, 2.05) is 4.90 Å². The van der Waals surface area contributed by atoms with Gasteiger partial charge in [0.05, 0.1) is 29.4 Å². The number of thiazole rings is 1. The number of alkyl halides is 3. The van der Waals surface area contributed by atoms with Crippen molar-refractivity contribution < 1.29 is 32.7 Å². The van der Waals surface area contributed by atoms with Gasteiger partial charge in [0.15, 0.2) is 0 Å². The van der Waals surface area contributed by atoms with Crippen LogP contribution in [0.4, 0.5) is 19.0 Å². The standard InChI is InChI=1S/C24H28ClF3N8O4S/c1-13(23-32-12-17(41-23)22(40)34-18-9-14(24(26,27)28)15(25)11-31-18)33-21(39)16(29)10-19(30-2)35-4-6-36(7-5-35)20(38)3-8-37/h9-13,37H,3-8,29H2,1-2H3,(H,33,39)(H,31,34,40). The van der Waals surface area contributed by atoms with Crippen LogP contribution >= 0.6 is 22.9 Å². The van der Waals surface area contributed by atoms with Gasteiger partial charge in [-0.3, -0.25) is 19.4 Å². The van der Waals surface area contributed by atoms with Gasteiger partial charge < -0.3 is 31.3 Å². The number of carbonyl (C=O) groups is 3. The molecule has 1 fully saturated rings. The number of rotatable bonds is 8. The molecule has 0 saturated carbocycles. The zero-order valence-electron chi connectivity index (χ0n) is 22.0. The van der Waals surface area contributed by atoms with Gasteiger partial charge in [-0.15, -0.1) is 11.3 Å². The topological polar surface area (TPSA) is 166 Å². The fraction of sp³-hybridized carbons (Fsp3) is 0.417. The number of aromatic nitrogens is 2. The fourth-order valence-corrected chi connectivity index (χ4v) is 4.80. The highest BCUT2D eigenvalue weighted by Gasteiger charge is 2.34. The van der Waals surface area contributed by atoms with Crippen LogP contribution in [-0.2, 0) is 15.8 Å². The molecule has 3 amide bonds. The highest BCUT2D eigenvalue weighted by molar-refractivity contribution is 7.13. The van der Waals surface area contributed by atoms with E-state index in [1.54, 1.807) is 18.9 Å². The number of amides is 3. The Morgan fingerprint density at radius 3 is 2.49 bits per heavy atom. The maximum atomic E-state index is 13.1. The second-order valence-electron chi connectivity index (χ2n) is 8.78. The molecule has 2 aromatic heterocycles. The van der Waals surface area contributed by atoms with Gasteiger partial charge in [-0.05, 0) is 13.0 Å². The first kappa shape index (κ1) is 31.8. The molecule has 0 spiro atoms. The number of aliphatic imine (C=N–C) groups is 1. The van der Waals surface area contributed by atoms with E-state index in [0.717, 1.165) is 17.5 Å². The van der Waals surface area contributed by atoms with Crippen molar-refractivity contribution in [2.24, 2.45) is 10.7 Å². The highest BCUT2D eigenvalue weighted by atomic mass is 35.5. The van der Waals surface area contributed by atoms with Crippen LogP contribution in [0.2, 0.25) is 5.02 Å². The second kappa shape index (κ2) is 13.7. The van der Waals surface area contributed by atoms with Crippen LogP contribution in [0.25, 0.3) is 0 Å². The Bertz CT molecular complexity index is 1340. The van der Waals surface area contributed by atoms with Gasteiger partial charge in [0.1, 0.15) is 27.2 Å². The Kier molecular flexibility index (Phi) is 10.6. The molecule has 0 aromatic carbocycles. The predicted octanol–water partition coefficient (Wildman–Crippen LogP) is 2.04. The van der Waals surface area contributed by atoms with Gasteiger partial charge in [0, 0.05) is 51.9 Å². The minimum atomic E-state index is -4.72. The molecule has 3 heterocycles. The molecule has 1 aliphatic rings. The number of carbonyl (C=O) groups excluding carboxylic acids is 3. The van der Waals surface area contributed by atoms with E-state index in [1.165, 1.54) is 12.3 Å². The highest BCUT2D eigenvalue weighted by Crippen LogP contribution is 2.35. The Morgan fingerprint density at radius 1 is 1.22 bits per heavy atom. The first-order chi connectivity index (χ1) is 19.3. The molecule has 41 heavy (non-hydrogen) atoms. The van der Waals surface area contributed by atoms with E-state index < -0.39 is 34.6 Å². The molecule has 1 atom stereocenters.